The highest BCUT2D eigenvalue weighted by molar-refractivity contribution is 9.10. The first-order valence-corrected chi connectivity index (χ1v) is 6.01. The lowest BCUT2D eigenvalue weighted by atomic mass is 10.0. The Bertz CT molecular complexity index is 417. The van der Waals surface area contributed by atoms with Gasteiger partial charge in [-0.15, -0.1) is 0 Å². The van der Waals surface area contributed by atoms with E-state index in [0.717, 1.165) is 15.6 Å². The molecule has 0 spiro atoms. The van der Waals surface area contributed by atoms with Gasteiger partial charge in [0.2, 0.25) is 0 Å². The Morgan fingerprint density at radius 2 is 1.81 bits per heavy atom. The van der Waals surface area contributed by atoms with Crippen molar-refractivity contribution in [2.24, 2.45) is 0 Å². The van der Waals surface area contributed by atoms with E-state index in [0.29, 0.717) is 5.56 Å². The molecule has 2 nitrogen and oxygen atoms in total. The third-order valence-corrected chi connectivity index (χ3v) is 3.07. The maximum atomic E-state index is 12.0. The van der Waals surface area contributed by atoms with Crippen molar-refractivity contribution < 1.29 is 9.53 Å². The Morgan fingerprint density at radius 1 is 1.25 bits per heavy atom. The van der Waals surface area contributed by atoms with Crippen LogP contribution in [0.2, 0.25) is 0 Å². The maximum absolute atomic E-state index is 12.0. The minimum Gasteiger partial charge on any atom is -0.456 e. The highest BCUT2D eigenvalue weighted by Gasteiger charge is 2.21. The van der Waals surface area contributed by atoms with Gasteiger partial charge in [-0.1, -0.05) is 22.0 Å². The Hall–Kier alpha value is -0.830. The molecule has 0 aromatic heterocycles. The number of halogens is 1. The molecule has 3 heteroatoms. The minimum absolute atomic E-state index is 0.260. The number of hydrogen-bond acceptors (Lipinski definition) is 2. The van der Waals surface area contributed by atoms with Crippen molar-refractivity contribution in [1.29, 1.82) is 0 Å². The lowest BCUT2D eigenvalue weighted by Crippen LogP contribution is -2.25. The molecule has 0 aliphatic rings. The fourth-order valence-electron chi connectivity index (χ4n) is 1.46. The molecule has 16 heavy (non-hydrogen) atoms. The van der Waals surface area contributed by atoms with Gasteiger partial charge >= 0.3 is 5.97 Å². The van der Waals surface area contributed by atoms with Crippen LogP contribution in [0.1, 0.15) is 42.3 Å². The van der Waals surface area contributed by atoms with Gasteiger partial charge in [0.25, 0.3) is 0 Å². The van der Waals surface area contributed by atoms with Crippen molar-refractivity contribution in [2.45, 2.75) is 40.2 Å². The van der Waals surface area contributed by atoms with E-state index < -0.39 is 5.60 Å². The molecule has 0 amide bonds. The molecule has 0 heterocycles. The number of ether oxygens (including phenoxy) is 1. The standard InChI is InChI=1S/C13H17BrO2/c1-8-6-7-10(14)9(2)11(8)12(15)16-13(3,4)5/h6-7H,1-5H3. The van der Waals surface area contributed by atoms with Crippen LogP contribution in [0.3, 0.4) is 0 Å². The largest absolute Gasteiger partial charge is 0.456 e. The zero-order valence-corrected chi connectivity index (χ0v) is 11.9. The van der Waals surface area contributed by atoms with Gasteiger partial charge in [0, 0.05) is 4.47 Å². The third-order valence-electron chi connectivity index (χ3n) is 2.21. The van der Waals surface area contributed by atoms with Crippen LogP contribution in [0.4, 0.5) is 0 Å². The Balaban J connectivity index is 3.14. The molecule has 1 aromatic rings. The summed E-state index contributed by atoms with van der Waals surface area (Å²) in [5.74, 6) is -0.260. The summed E-state index contributed by atoms with van der Waals surface area (Å²) >= 11 is 3.42. The highest BCUT2D eigenvalue weighted by Crippen LogP contribution is 2.24. The van der Waals surface area contributed by atoms with E-state index in [2.05, 4.69) is 15.9 Å². The molecule has 88 valence electrons. The van der Waals surface area contributed by atoms with Crippen LogP contribution in [0, 0.1) is 13.8 Å². The number of carbonyl (C=O) groups is 1. The van der Waals surface area contributed by atoms with Gasteiger partial charge in [0.1, 0.15) is 5.60 Å². The number of rotatable bonds is 1. The molecule has 1 aromatic carbocycles. The van der Waals surface area contributed by atoms with E-state index in [9.17, 15) is 4.79 Å². The SMILES string of the molecule is Cc1ccc(Br)c(C)c1C(=O)OC(C)(C)C. The molecule has 1 rings (SSSR count). The predicted octanol–water partition coefficient (Wildman–Crippen LogP) is 4.02. The smallest absolute Gasteiger partial charge is 0.339 e. The molecular formula is C13H17BrO2. The molecule has 0 atom stereocenters. The van der Waals surface area contributed by atoms with Gasteiger partial charge in [0.15, 0.2) is 0 Å². The first-order chi connectivity index (χ1) is 7.22. The molecule has 0 bridgehead atoms. The molecule has 0 aliphatic carbocycles. The molecule has 0 aliphatic heterocycles. The van der Waals surface area contributed by atoms with Crippen molar-refractivity contribution in [1.82, 2.24) is 0 Å². The minimum atomic E-state index is -0.460. The zero-order valence-electron chi connectivity index (χ0n) is 10.3. The summed E-state index contributed by atoms with van der Waals surface area (Å²) in [5.41, 5.74) is 2.06. The number of benzene rings is 1. The quantitative estimate of drug-likeness (QED) is 0.728. The fourth-order valence-corrected chi connectivity index (χ4v) is 1.80. The summed E-state index contributed by atoms with van der Waals surface area (Å²) in [7, 11) is 0. The van der Waals surface area contributed by atoms with E-state index in [4.69, 9.17) is 4.74 Å². The molecular weight excluding hydrogens is 268 g/mol. The summed E-state index contributed by atoms with van der Waals surface area (Å²) in [4.78, 5) is 12.0. The lowest BCUT2D eigenvalue weighted by Gasteiger charge is -2.21. The van der Waals surface area contributed by atoms with Gasteiger partial charge in [-0.3, -0.25) is 0 Å². The topological polar surface area (TPSA) is 26.3 Å². The fraction of sp³-hybridized carbons (Fsp3) is 0.462. The van der Waals surface area contributed by atoms with Crippen molar-refractivity contribution in [3.8, 4) is 0 Å². The number of aryl methyl sites for hydroxylation is 1. The Morgan fingerprint density at radius 3 is 2.31 bits per heavy atom. The molecule has 0 N–H and O–H groups in total. The van der Waals surface area contributed by atoms with Crippen LogP contribution in [0.5, 0.6) is 0 Å². The first kappa shape index (κ1) is 13.2. The van der Waals surface area contributed by atoms with E-state index in [1.165, 1.54) is 0 Å². The number of hydrogen-bond donors (Lipinski definition) is 0. The zero-order chi connectivity index (χ0) is 12.5. The van der Waals surface area contributed by atoms with Gasteiger partial charge < -0.3 is 4.74 Å². The monoisotopic (exact) mass is 284 g/mol. The summed E-state index contributed by atoms with van der Waals surface area (Å²) in [6.45, 7) is 9.43. The average molecular weight is 285 g/mol. The van der Waals surface area contributed by atoms with E-state index in [1.54, 1.807) is 0 Å². The normalized spacial score (nSPS) is 11.4. The summed E-state index contributed by atoms with van der Waals surface area (Å²) < 4.78 is 6.31. The van der Waals surface area contributed by atoms with Crippen LogP contribution in [0.25, 0.3) is 0 Å². The number of carbonyl (C=O) groups excluding carboxylic acids is 1. The Labute approximate surface area is 105 Å². The van der Waals surface area contributed by atoms with Crippen molar-refractivity contribution >= 4 is 21.9 Å². The van der Waals surface area contributed by atoms with Gasteiger partial charge in [-0.2, -0.15) is 0 Å². The second-order valence-corrected chi connectivity index (χ2v) is 5.72. The summed E-state index contributed by atoms with van der Waals surface area (Å²) in [5, 5.41) is 0. The van der Waals surface area contributed by atoms with Crippen molar-refractivity contribution in [3.63, 3.8) is 0 Å². The van der Waals surface area contributed by atoms with Gasteiger partial charge in [0.05, 0.1) is 5.56 Å². The number of esters is 1. The van der Waals surface area contributed by atoms with Crippen LogP contribution >= 0.6 is 15.9 Å². The van der Waals surface area contributed by atoms with Gasteiger partial charge in [-0.25, -0.2) is 4.79 Å². The molecule has 0 saturated heterocycles. The molecule has 0 radical (unpaired) electrons. The van der Waals surface area contributed by atoms with Crippen molar-refractivity contribution in [2.75, 3.05) is 0 Å². The van der Waals surface area contributed by atoms with Crippen molar-refractivity contribution in [3.05, 3.63) is 33.3 Å². The highest BCUT2D eigenvalue weighted by atomic mass is 79.9. The molecule has 0 unspecified atom stereocenters. The summed E-state index contributed by atoms with van der Waals surface area (Å²) in [6, 6.07) is 3.86. The maximum Gasteiger partial charge on any atom is 0.339 e. The second kappa shape index (κ2) is 4.58. The molecule has 0 saturated carbocycles. The second-order valence-electron chi connectivity index (χ2n) is 4.87. The summed E-state index contributed by atoms with van der Waals surface area (Å²) in [6.07, 6.45) is 0. The van der Waals surface area contributed by atoms with E-state index in [1.807, 2.05) is 46.8 Å². The predicted molar refractivity (Wildman–Crippen MR) is 68.8 cm³/mol. The molecule has 0 fully saturated rings. The average Bonchev–Trinajstić information content (AvgIpc) is 2.09. The van der Waals surface area contributed by atoms with Crippen LogP contribution < -0.4 is 0 Å². The van der Waals surface area contributed by atoms with Crippen LogP contribution in [0.15, 0.2) is 16.6 Å². The Kier molecular flexibility index (Phi) is 3.79. The van der Waals surface area contributed by atoms with E-state index in [-0.39, 0.29) is 5.97 Å². The lowest BCUT2D eigenvalue weighted by molar-refractivity contribution is 0.00679. The van der Waals surface area contributed by atoms with Crippen LogP contribution in [-0.2, 0) is 4.74 Å². The van der Waals surface area contributed by atoms with Gasteiger partial charge in [-0.05, 0) is 51.8 Å². The first-order valence-electron chi connectivity index (χ1n) is 5.21. The third kappa shape index (κ3) is 3.08. The van der Waals surface area contributed by atoms with E-state index >= 15 is 0 Å². The van der Waals surface area contributed by atoms with Crippen LogP contribution in [-0.4, -0.2) is 11.6 Å².